The first-order valence-electron chi connectivity index (χ1n) is 9.33. The molecule has 0 unspecified atom stereocenters. The Kier molecular flexibility index (Phi) is 6.81. The fourth-order valence-corrected chi connectivity index (χ4v) is 4.52. The van der Waals surface area contributed by atoms with Gasteiger partial charge in [0.2, 0.25) is 15.8 Å². The van der Waals surface area contributed by atoms with Gasteiger partial charge in [-0.05, 0) is 75.8 Å². The Morgan fingerprint density at radius 1 is 1.07 bits per heavy atom. The van der Waals surface area contributed by atoms with Crippen LogP contribution in [-0.2, 0) is 19.6 Å². The summed E-state index contributed by atoms with van der Waals surface area (Å²) in [7, 11) is -3.22. The minimum Gasteiger partial charge on any atom is -0.457 e. The zero-order valence-electron chi connectivity index (χ0n) is 16.8. The number of carbonyl (C=O) groups excluding carboxylic acids is 2. The van der Waals surface area contributed by atoms with Gasteiger partial charge in [-0.25, -0.2) is 12.7 Å². The van der Waals surface area contributed by atoms with E-state index in [0.29, 0.717) is 31.5 Å². The monoisotopic (exact) mass is 395 g/mol. The molecule has 1 fully saturated rings. The molecule has 0 atom stereocenters. The van der Waals surface area contributed by atoms with Crippen molar-refractivity contribution in [1.29, 1.82) is 0 Å². The molecular weight excluding hydrogens is 366 g/mol. The summed E-state index contributed by atoms with van der Waals surface area (Å²) in [6.45, 7) is 9.84. The summed E-state index contributed by atoms with van der Waals surface area (Å²) in [6, 6.07) is 1.85. The number of ketones is 1. The Morgan fingerprint density at radius 3 is 2.22 bits per heavy atom. The van der Waals surface area contributed by atoms with E-state index in [4.69, 9.17) is 4.74 Å². The molecular formula is C20H29NO5S. The summed E-state index contributed by atoms with van der Waals surface area (Å²) in [4.78, 5) is 24.8. The van der Waals surface area contributed by atoms with Crippen LogP contribution < -0.4 is 0 Å². The molecule has 27 heavy (non-hydrogen) atoms. The van der Waals surface area contributed by atoms with Gasteiger partial charge in [-0.2, -0.15) is 0 Å². The van der Waals surface area contributed by atoms with Crippen molar-refractivity contribution in [1.82, 2.24) is 4.31 Å². The fourth-order valence-electron chi connectivity index (χ4n) is 3.39. The van der Waals surface area contributed by atoms with E-state index >= 15 is 0 Å². The Bertz CT molecular complexity index is 836. The van der Waals surface area contributed by atoms with Gasteiger partial charge in [0.25, 0.3) is 0 Å². The normalized spacial score (nSPS) is 16.3. The summed E-state index contributed by atoms with van der Waals surface area (Å²) in [6.07, 6.45) is 0.849. The van der Waals surface area contributed by atoms with Crippen molar-refractivity contribution in [2.24, 2.45) is 5.92 Å². The van der Waals surface area contributed by atoms with Gasteiger partial charge in [0.1, 0.15) is 0 Å². The van der Waals surface area contributed by atoms with Gasteiger partial charge in [0.05, 0.1) is 11.7 Å². The molecule has 0 spiro atoms. The third-order valence-corrected chi connectivity index (χ3v) is 7.55. The Morgan fingerprint density at radius 2 is 1.67 bits per heavy atom. The summed E-state index contributed by atoms with van der Waals surface area (Å²) in [5, 5.41) is 0. The molecule has 0 saturated carbocycles. The largest absolute Gasteiger partial charge is 0.457 e. The van der Waals surface area contributed by atoms with E-state index in [9.17, 15) is 18.0 Å². The van der Waals surface area contributed by atoms with Crippen LogP contribution in [0.4, 0.5) is 0 Å². The van der Waals surface area contributed by atoms with Crippen LogP contribution in [0.3, 0.4) is 0 Å². The second-order valence-electron chi connectivity index (χ2n) is 7.22. The van der Waals surface area contributed by atoms with Crippen molar-refractivity contribution in [3.05, 3.63) is 33.9 Å². The average molecular weight is 396 g/mol. The highest BCUT2D eigenvalue weighted by Crippen LogP contribution is 2.23. The molecule has 0 aromatic heterocycles. The SMILES string of the molecule is CCS(=O)(=O)N1CCC(C(=O)OCC(=O)c2cc(C)c(C)c(C)c2C)CC1. The molecule has 0 N–H and O–H groups in total. The maximum atomic E-state index is 12.5. The highest BCUT2D eigenvalue weighted by molar-refractivity contribution is 7.89. The molecule has 150 valence electrons. The number of hydrogen-bond donors (Lipinski definition) is 0. The molecule has 1 aromatic carbocycles. The molecule has 7 heteroatoms. The number of aryl methyl sites for hydroxylation is 1. The number of benzene rings is 1. The van der Waals surface area contributed by atoms with Crippen molar-refractivity contribution in [3.63, 3.8) is 0 Å². The van der Waals surface area contributed by atoms with Crippen LogP contribution in [0.1, 0.15) is 52.4 Å². The number of carbonyl (C=O) groups is 2. The summed E-state index contributed by atoms with van der Waals surface area (Å²) in [5.41, 5.74) is 4.78. The predicted molar refractivity (Wildman–Crippen MR) is 104 cm³/mol. The van der Waals surface area contributed by atoms with Gasteiger partial charge in [-0.3, -0.25) is 9.59 Å². The average Bonchev–Trinajstić information content (AvgIpc) is 2.67. The second-order valence-corrected chi connectivity index (χ2v) is 9.48. The number of hydrogen-bond acceptors (Lipinski definition) is 5. The minimum atomic E-state index is -3.22. The number of Topliss-reactive ketones (excluding diaryl/α,β-unsaturated/α-hetero) is 1. The molecule has 6 nitrogen and oxygen atoms in total. The highest BCUT2D eigenvalue weighted by Gasteiger charge is 2.31. The van der Waals surface area contributed by atoms with E-state index in [-0.39, 0.29) is 24.1 Å². The number of rotatable bonds is 6. The Hall–Kier alpha value is -1.73. The second kappa shape index (κ2) is 8.52. The third kappa shape index (κ3) is 4.76. The van der Waals surface area contributed by atoms with E-state index in [1.54, 1.807) is 6.92 Å². The highest BCUT2D eigenvalue weighted by atomic mass is 32.2. The van der Waals surface area contributed by atoms with Crippen molar-refractivity contribution in [2.75, 3.05) is 25.4 Å². The van der Waals surface area contributed by atoms with Gasteiger partial charge in [0, 0.05) is 18.7 Å². The molecule has 0 amide bonds. The van der Waals surface area contributed by atoms with Crippen LogP contribution in [0, 0.1) is 33.6 Å². The number of esters is 1. The van der Waals surface area contributed by atoms with Crippen molar-refractivity contribution >= 4 is 21.8 Å². The van der Waals surface area contributed by atoms with E-state index in [1.807, 2.05) is 33.8 Å². The molecule has 1 saturated heterocycles. The van der Waals surface area contributed by atoms with Crippen LogP contribution >= 0.6 is 0 Å². The van der Waals surface area contributed by atoms with Crippen LogP contribution in [-0.4, -0.2) is 49.9 Å². The minimum absolute atomic E-state index is 0.0609. The zero-order valence-corrected chi connectivity index (χ0v) is 17.6. The molecule has 0 bridgehead atoms. The van der Waals surface area contributed by atoms with Crippen molar-refractivity contribution < 1.29 is 22.7 Å². The third-order valence-electron chi connectivity index (χ3n) is 5.67. The topological polar surface area (TPSA) is 80.8 Å². The number of sulfonamides is 1. The van der Waals surface area contributed by atoms with E-state index < -0.39 is 16.0 Å². The lowest BCUT2D eigenvalue weighted by molar-refractivity contribution is -0.148. The standard InChI is InChI=1S/C20H29NO5S/c1-6-27(24,25)21-9-7-17(8-10-21)20(23)26-12-19(22)18-11-13(2)14(3)15(4)16(18)5/h11,17H,6-10,12H2,1-5H3. The first-order valence-corrected chi connectivity index (χ1v) is 10.9. The molecule has 2 rings (SSSR count). The lowest BCUT2D eigenvalue weighted by atomic mass is 9.93. The van der Waals surface area contributed by atoms with E-state index in [1.165, 1.54) is 4.31 Å². The van der Waals surface area contributed by atoms with E-state index in [0.717, 1.165) is 22.3 Å². The number of nitrogens with zero attached hydrogens (tertiary/aromatic N) is 1. The molecule has 1 aliphatic rings. The maximum absolute atomic E-state index is 12.5. The summed E-state index contributed by atoms with van der Waals surface area (Å²) >= 11 is 0. The van der Waals surface area contributed by atoms with Crippen LogP contribution in [0.2, 0.25) is 0 Å². The van der Waals surface area contributed by atoms with Gasteiger partial charge >= 0.3 is 5.97 Å². The van der Waals surface area contributed by atoms with Gasteiger partial charge in [0.15, 0.2) is 6.61 Å². The smallest absolute Gasteiger partial charge is 0.309 e. The van der Waals surface area contributed by atoms with Crippen molar-refractivity contribution in [3.8, 4) is 0 Å². The zero-order chi connectivity index (χ0) is 20.4. The van der Waals surface area contributed by atoms with E-state index in [2.05, 4.69) is 0 Å². The Labute approximate surface area is 161 Å². The molecule has 1 aromatic rings. The molecule has 1 heterocycles. The first-order chi connectivity index (χ1) is 12.6. The first kappa shape index (κ1) is 21.6. The quantitative estimate of drug-likeness (QED) is 0.546. The predicted octanol–water partition coefficient (Wildman–Crippen LogP) is 2.71. The summed E-state index contributed by atoms with van der Waals surface area (Å²) in [5.74, 6) is -0.928. The maximum Gasteiger partial charge on any atom is 0.309 e. The van der Waals surface area contributed by atoms with Gasteiger partial charge in [-0.15, -0.1) is 0 Å². The lowest BCUT2D eigenvalue weighted by Gasteiger charge is -2.29. The number of ether oxygens (including phenoxy) is 1. The van der Waals surface area contributed by atoms with Crippen molar-refractivity contribution in [2.45, 2.75) is 47.5 Å². The van der Waals surface area contributed by atoms with Crippen LogP contribution in [0.5, 0.6) is 0 Å². The van der Waals surface area contributed by atoms with Gasteiger partial charge in [-0.1, -0.05) is 0 Å². The molecule has 1 aliphatic heterocycles. The molecule has 0 radical (unpaired) electrons. The molecule has 0 aliphatic carbocycles. The summed E-state index contributed by atoms with van der Waals surface area (Å²) < 4.78 is 30.4. The fraction of sp³-hybridized carbons (Fsp3) is 0.600. The van der Waals surface area contributed by atoms with Crippen LogP contribution in [0.15, 0.2) is 6.07 Å². The van der Waals surface area contributed by atoms with Gasteiger partial charge < -0.3 is 4.74 Å². The Balaban J connectivity index is 1.94. The van der Waals surface area contributed by atoms with Crippen LogP contribution in [0.25, 0.3) is 0 Å². The lowest BCUT2D eigenvalue weighted by Crippen LogP contribution is -2.41. The number of piperidine rings is 1.